The molecule has 3 nitrogen and oxygen atoms in total. The van der Waals surface area contributed by atoms with Crippen LogP contribution in [-0.4, -0.2) is 23.8 Å². The fourth-order valence-electron chi connectivity index (χ4n) is 3.72. The Morgan fingerprint density at radius 1 is 1.47 bits per heavy atom. The van der Waals surface area contributed by atoms with Gasteiger partial charge < -0.3 is 9.84 Å². The van der Waals surface area contributed by atoms with Crippen molar-refractivity contribution in [1.82, 2.24) is 0 Å². The Bertz CT molecular complexity index is 345. The van der Waals surface area contributed by atoms with E-state index in [0.717, 1.165) is 25.7 Å². The molecule has 2 aliphatic rings. The zero-order valence-corrected chi connectivity index (χ0v) is 10.9. The fourth-order valence-corrected chi connectivity index (χ4v) is 3.72. The Morgan fingerprint density at radius 2 is 2.18 bits per heavy atom. The van der Waals surface area contributed by atoms with E-state index >= 15 is 0 Å². The average molecular weight is 238 g/mol. The van der Waals surface area contributed by atoms with Gasteiger partial charge in [0.05, 0.1) is 18.6 Å². The van der Waals surface area contributed by atoms with E-state index in [-0.39, 0.29) is 17.3 Å². The SMILES string of the molecule is COC(=O)[C@H]1C=C[C@@]2(CCC[C@@]2(C)O)[C@@H](C)C1. The highest BCUT2D eigenvalue weighted by Gasteiger charge is 2.54. The van der Waals surface area contributed by atoms with Crippen molar-refractivity contribution in [2.45, 2.75) is 45.1 Å². The van der Waals surface area contributed by atoms with Gasteiger partial charge in [0.2, 0.25) is 0 Å². The first-order chi connectivity index (χ1) is 7.93. The summed E-state index contributed by atoms with van der Waals surface area (Å²) in [6, 6.07) is 0. The van der Waals surface area contributed by atoms with Crippen LogP contribution in [0.4, 0.5) is 0 Å². The zero-order valence-electron chi connectivity index (χ0n) is 10.9. The summed E-state index contributed by atoms with van der Waals surface area (Å²) in [7, 11) is 1.43. The molecule has 0 aromatic rings. The summed E-state index contributed by atoms with van der Waals surface area (Å²) in [6.07, 6.45) is 7.72. The van der Waals surface area contributed by atoms with Crippen molar-refractivity contribution in [3.63, 3.8) is 0 Å². The number of carbonyl (C=O) groups is 1. The summed E-state index contributed by atoms with van der Waals surface area (Å²) in [6.45, 7) is 4.07. The van der Waals surface area contributed by atoms with Gasteiger partial charge in [-0.3, -0.25) is 4.79 Å². The third-order valence-electron chi connectivity index (χ3n) is 4.87. The molecule has 0 heterocycles. The van der Waals surface area contributed by atoms with E-state index in [1.807, 2.05) is 13.0 Å². The summed E-state index contributed by atoms with van der Waals surface area (Å²) < 4.78 is 4.79. The number of ether oxygens (including phenoxy) is 1. The highest BCUT2D eigenvalue weighted by Crippen LogP contribution is 2.55. The van der Waals surface area contributed by atoms with Crippen molar-refractivity contribution in [3.05, 3.63) is 12.2 Å². The molecule has 1 fully saturated rings. The topological polar surface area (TPSA) is 46.5 Å². The maximum absolute atomic E-state index is 11.5. The molecule has 3 heteroatoms. The van der Waals surface area contributed by atoms with E-state index in [4.69, 9.17) is 4.74 Å². The lowest BCUT2D eigenvalue weighted by molar-refractivity contribution is -0.145. The van der Waals surface area contributed by atoms with Gasteiger partial charge in [0.1, 0.15) is 0 Å². The molecule has 17 heavy (non-hydrogen) atoms. The van der Waals surface area contributed by atoms with E-state index in [2.05, 4.69) is 13.0 Å². The third-order valence-corrected chi connectivity index (χ3v) is 4.87. The van der Waals surface area contributed by atoms with E-state index in [0.29, 0.717) is 5.92 Å². The lowest BCUT2D eigenvalue weighted by atomic mass is 9.61. The number of esters is 1. The van der Waals surface area contributed by atoms with E-state index in [1.54, 1.807) is 0 Å². The van der Waals surface area contributed by atoms with Crippen LogP contribution >= 0.6 is 0 Å². The molecular weight excluding hydrogens is 216 g/mol. The molecule has 2 aliphatic carbocycles. The predicted molar refractivity (Wildman–Crippen MR) is 65.3 cm³/mol. The molecule has 96 valence electrons. The molecule has 0 saturated heterocycles. The van der Waals surface area contributed by atoms with Gasteiger partial charge in [0.25, 0.3) is 0 Å². The summed E-state index contributed by atoms with van der Waals surface area (Å²) >= 11 is 0. The van der Waals surface area contributed by atoms with Gasteiger partial charge in [-0.05, 0) is 38.5 Å². The van der Waals surface area contributed by atoms with Gasteiger partial charge in [-0.2, -0.15) is 0 Å². The molecule has 1 saturated carbocycles. The Balaban J connectivity index is 2.26. The van der Waals surface area contributed by atoms with Crippen LogP contribution in [0, 0.1) is 17.3 Å². The van der Waals surface area contributed by atoms with Crippen LogP contribution in [0.25, 0.3) is 0 Å². The normalized spacial score (nSPS) is 45.2. The quantitative estimate of drug-likeness (QED) is 0.563. The molecule has 2 rings (SSSR count). The molecule has 0 bridgehead atoms. The standard InChI is InChI=1S/C14H22O3/c1-10-9-11(12(15)17-3)5-8-14(10)7-4-6-13(14,2)16/h5,8,10-11,16H,4,6-7,9H2,1-3H3/t10-,11-,13+,14-/m0/s1. The predicted octanol–water partition coefficient (Wildman–Crippen LogP) is 2.29. The van der Waals surface area contributed by atoms with Crippen LogP contribution < -0.4 is 0 Å². The smallest absolute Gasteiger partial charge is 0.312 e. The molecular formula is C14H22O3. The van der Waals surface area contributed by atoms with Crippen molar-refractivity contribution in [2.24, 2.45) is 17.3 Å². The second-order valence-electron chi connectivity index (χ2n) is 5.79. The highest BCUT2D eigenvalue weighted by molar-refractivity contribution is 5.74. The first-order valence-corrected chi connectivity index (χ1v) is 6.42. The molecule has 0 aliphatic heterocycles. The minimum atomic E-state index is -0.635. The maximum Gasteiger partial charge on any atom is 0.312 e. The summed E-state index contributed by atoms with van der Waals surface area (Å²) in [5.41, 5.74) is -0.776. The van der Waals surface area contributed by atoms with Gasteiger partial charge in [-0.25, -0.2) is 0 Å². The number of hydrogen-bond acceptors (Lipinski definition) is 3. The third kappa shape index (κ3) is 1.81. The number of aliphatic hydroxyl groups is 1. The van der Waals surface area contributed by atoms with Gasteiger partial charge in [-0.1, -0.05) is 19.1 Å². The Morgan fingerprint density at radius 3 is 2.65 bits per heavy atom. The molecule has 4 atom stereocenters. The second-order valence-corrected chi connectivity index (χ2v) is 5.79. The van der Waals surface area contributed by atoms with Crippen LogP contribution in [0.3, 0.4) is 0 Å². The average Bonchev–Trinajstić information content (AvgIpc) is 2.58. The Kier molecular flexibility index (Phi) is 3.06. The van der Waals surface area contributed by atoms with E-state index in [1.165, 1.54) is 7.11 Å². The second kappa shape index (κ2) is 4.13. The summed E-state index contributed by atoms with van der Waals surface area (Å²) in [5.74, 6) is 0.00622. The first kappa shape index (κ1) is 12.6. The molecule has 0 radical (unpaired) electrons. The van der Waals surface area contributed by atoms with Gasteiger partial charge in [0.15, 0.2) is 0 Å². The van der Waals surface area contributed by atoms with Crippen LogP contribution in [0.5, 0.6) is 0 Å². The highest BCUT2D eigenvalue weighted by atomic mass is 16.5. The van der Waals surface area contributed by atoms with Crippen molar-refractivity contribution in [1.29, 1.82) is 0 Å². The number of methoxy groups -OCH3 is 1. The largest absolute Gasteiger partial charge is 0.469 e. The summed E-state index contributed by atoms with van der Waals surface area (Å²) in [5, 5.41) is 10.6. The fraction of sp³-hybridized carbons (Fsp3) is 0.786. The Labute approximate surface area is 103 Å². The summed E-state index contributed by atoms with van der Waals surface area (Å²) in [4.78, 5) is 11.5. The van der Waals surface area contributed by atoms with Gasteiger partial charge in [0, 0.05) is 5.41 Å². The van der Waals surface area contributed by atoms with Crippen LogP contribution in [0.2, 0.25) is 0 Å². The maximum atomic E-state index is 11.5. The van der Waals surface area contributed by atoms with Crippen LogP contribution in [0.15, 0.2) is 12.2 Å². The monoisotopic (exact) mass is 238 g/mol. The van der Waals surface area contributed by atoms with E-state index in [9.17, 15) is 9.90 Å². The van der Waals surface area contributed by atoms with Crippen molar-refractivity contribution in [3.8, 4) is 0 Å². The lowest BCUT2D eigenvalue weighted by Gasteiger charge is -2.46. The number of hydrogen-bond donors (Lipinski definition) is 1. The molecule has 0 aromatic heterocycles. The lowest BCUT2D eigenvalue weighted by Crippen LogP contribution is -2.47. The van der Waals surface area contributed by atoms with Crippen LogP contribution in [0.1, 0.15) is 39.5 Å². The number of rotatable bonds is 1. The van der Waals surface area contributed by atoms with Gasteiger partial charge in [-0.15, -0.1) is 0 Å². The minimum absolute atomic E-state index is 0.141. The zero-order chi connectivity index (χ0) is 12.7. The van der Waals surface area contributed by atoms with Gasteiger partial charge >= 0.3 is 5.97 Å². The Hall–Kier alpha value is -0.830. The molecule has 1 N–H and O–H groups in total. The van der Waals surface area contributed by atoms with Crippen molar-refractivity contribution < 1.29 is 14.6 Å². The first-order valence-electron chi connectivity index (χ1n) is 6.42. The number of carbonyl (C=O) groups excluding carboxylic acids is 1. The molecule has 0 amide bonds. The van der Waals surface area contributed by atoms with E-state index < -0.39 is 5.60 Å². The molecule has 0 unspecified atom stereocenters. The van der Waals surface area contributed by atoms with Crippen molar-refractivity contribution in [2.75, 3.05) is 7.11 Å². The minimum Gasteiger partial charge on any atom is -0.469 e. The van der Waals surface area contributed by atoms with Crippen LogP contribution in [-0.2, 0) is 9.53 Å². The van der Waals surface area contributed by atoms with Crippen molar-refractivity contribution >= 4 is 5.97 Å². The molecule has 0 aromatic carbocycles. The molecule has 1 spiro atoms.